The molecule has 15 heavy (non-hydrogen) atoms. The summed E-state index contributed by atoms with van der Waals surface area (Å²) in [7, 11) is 0. The number of benzene rings is 1. The quantitative estimate of drug-likeness (QED) is 0.684. The maximum absolute atomic E-state index is 10.6. The third kappa shape index (κ3) is 3.65. The van der Waals surface area contributed by atoms with Crippen LogP contribution in [0.3, 0.4) is 0 Å². The van der Waals surface area contributed by atoms with E-state index in [0.29, 0.717) is 0 Å². The Hall–Kier alpha value is 0.814. The predicted octanol–water partition coefficient (Wildman–Crippen LogP) is 3.38. The Labute approximate surface area is 113 Å². The van der Waals surface area contributed by atoms with E-state index in [1.54, 1.807) is 6.07 Å². The van der Waals surface area contributed by atoms with E-state index in [4.69, 9.17) is 50.1 Å². The second-order valence-electron chi connectivity index (χ2n) is 2.49. The van der Waals surface area contributed by atoms with E-state index >= 15 is 0 Å². The number of rotatable bonds is 3. The van der Waals surface area contributed by atoms with Gasteiger partial charge in [0.25, 0.3) is 0 Å². The van der Waals surface area contributed by atoms with Crippen LogP contribution >= 0.6 is 46.4 Å². The first-order valence-electron chi connectivity index (χ1n) is 3.59. The van der Waals surface area contributed by atoms with Crippen molar-refractivity contribution in [2.45, 2.75) is 4.52 Å². The number of hydrogen-bond acceptors (Lipinski definition) is 2. The molecule has 0 aliphatic rings. The van der Waals surface area contributed by atoms with Crippen LogP contribution in [0.5, 0.6) is 0 Å². The first-order valence-corrected chi connectivity index (χ1v) is 7.07. The van der Waals surface area contributed by atoms with Gasteiger partial charge in [0.05, 0.1) is 0 Å². The summed E-state index contributed by atoms with van der Waals surface area (Å²) in [5.41, 5.74) is 0.134. The fraction of sp³-hybridized carbons (Fsp3) is 0.143. The molecule has 0 heterocycles. The van der Waals surface area contributed by atoms with Crippen molar-refractivity contribution in [1.82, 2.24) is 0 Å². The van der Waals surface area contributed by atoms with Gasteiger partial charge in [0.15, 0.2) is 0 Å². The molecule has 0 saturated heterocycles. The molecule has 1 rings (SSSR count). The molecule has 82 valence electrons. The zero-order valence-corrected chi connectivity index (χ0v) is 11.6. The molecule has 0 aliphatic carbocycles. The summed E-state index contributed by atoms with van der Waals surface area (Å²) >= 11 is 19.1. The molecule has 0 saturated carbocycles. The van der Waals surface area contributed by atoms with Crippen LogP contribution in [0.4, 0.5) is 0 Å². The molecule has 0 aliphatic heterocycles. The molecule has 8 heteroatoms. The second kappa shape index (κ2) is 5.43. The summed E-state index contributed by atoms with van der Waals surface area (Å²) in [6, 6.07) is 4.54. The van der Waals surface area contributed by atoms with Crippen molar-refractivity contribution >= 4 is 46.4 Å². The van der Waals surface area contributed by atoms with Crippen LogP contribution in [0.2, 0.25) is 10.0 Å². The van der Waals surface area contributed by atoms with Crippen molar-refractivity contribution in [2.75, 3.05) is 0 Å². The molecule has 0 aromatic heterocycles. The Morgan fingerprint density at radius 3 is 2.47 bits per heavy atom. The number of alkyl halides is 2. The van der Waals surface area contributed by atoms with Crippen LogP contribution in [0.25, 0.3) is 0 Å². The van der Waals surface area contributed by atoms with E-state index in [1.807, 2.05) is 0 Å². The van der Waals surface area contributed by atoms with Crippen LogP contribution < -0.4 is 0 Å². The van der Waals surface area contributed by atoms with Gasteiger partial charge in [-0.05, 0) is 0 Å². The van der Waals surface area contributed by atoms with Crippen LogP contribution in [0.15, 0.2) is 18.2 Å². The van der Waals surface area contributed by atoms with Crippen LogP contribution in [-0.2, 0) is 29.8 Å². The summed E-state index contributed by atoms with van der Waals surface area (Å²) in [4.78, 5) is 0. The minimum absolute atomic E-state index is 0.0867. The van der Waals surface area contributed by atoms with E-state index in [9.17, 15) is 3.32 Å². The summed E-state index contributed by atoms with van der Waals surface area (Å²) in [6.45, 7) is 0. The molecule has 1 N–H and O–H groups in total. The van der Waals surface area contributed by atoms with Crippen LogP contribution in [0.1, 0.15) is 5.56 Å². The molecular formula is C7H4Cl4O3Ti. The predicted molar refractivity (Wildman–Crippen MR) is 53.8 cm³/mol. The monoisotopic (exact) mass is 324 g/mol. The van der Waals surface area contributed by atoms with Gasteiger partial charge in [0.2, 0.25) is 0 Å². The summed E-state index contributed by atoms with van der Waals surface area (Å²) in [5.74, 6) is 0. The first-order chi connectivity index (χ1) is 6.84. The van der Waals surface area contributed by atoms with Crippen molar-refractivity contribution in [2.24, 2.45) is 0 Å². The fourth-order valence-corrected chi connectivity index (χ4v) is 2.80. The Kier molecular flexibility index (Phi) is 5.03. The Morgan fingerprint density at radius 1 is 1.33 bits per heavy atom. The Morgan fingerprint density at radius 2 is 1.93 bits per heavy atom. The number of hydrogen-bond donors (Lipinski definition) is 1. The molecule has 0 spiro atoms. The summed E-state index contributed by atoms with van der Waals surface area (Å²) in [6.07, 6.45) is 0. The van der Waals surface area contributed by atoms with Gasteiger partial charge in [-0.25, -0.2) is 0 Å². The van der Waals surface area contributed by atoms with E-state index in [-0.39, 0.29) is 15.6 Å². The summed E-state index contributed by atoms with van der Waals surface area (Å²) in [5, 5.41) is 0.317. The SMILES string of the molecule is [O]=[Ti]([OH])[O]C(Cl)(Cl)c1cccc(Cl)c1Cl. The maximum atomic E-state index is 10.6. The van der Waals surface area contributed by atoms with Crippen molar-refractivity contribution in [3.63, 3.8) is 0 Å². The van der Waals surface area contributed by atoms with Gasteiger partial charge >= 0.3 is 114 Å². The zero-order valence-electron chi connectivity index (χ0n) is 7.01. The third-order valence-electron chi connectivity index (χ3n) is 1.48. The average molecular weight is 326 g/mol. The van der Waals surface area contributed by atoms with Gasteiger partial charge in [-0.1, -0.05) is 0 Å². The van der Waals surface area contributed by atoms with Crippen molar-refractivity contribution < 1.29 is 28.9 Å². The molecule has 0 amide bonds. The molecule has 0 atom stereocenters. The third-order valence-corrected chi connectivity index (χ3v) is 4.02. The van der Waals surface area contributed by atoms with Gasteiger partial charge in [0, 0.05) is 0 Å². The van der Waals surface area contributed by atoms with E-state index in [2.05, 4.69) is 3.32 Å². The first kappa shape index (κ1) is 13.9. The van der Waals surface area contributed by atoms with Gasteiger partial charge in [-0.3, -0.25) is 0 Å². The van der Waals surface area contributed by atoms with Crippen molar-refractivity contribution in [3.05, 3.63) is 33.8 Å². The van der Waals surface area contributed by atoms with Gasteiger partial charge < -0.3 is 0 Å². The molecule has 1 aromatic carbocycles. The van der Waals surface area contributed by atoms with Crippen LogP contribution in [-0.4, -0.2) is 3.69 Å². The standard InChI is InChI=1S/C7H3Cl4O.H2O.O.Ti/c8-5-3-1-2-4(6(5)9)7(10,11)12;;;/h1-3H;1H2;;/q-1;;;+2/p-1. The molecule has 1 aromatic rings. The number of halogens is 4. The molecule has 0 fully saturated rings. The van der Waals surface area contributed by atoms with E-state index in [0.717, 1.165) is 0 Å². The zero-order chi connectivity index (χ0) is 11.6. The summed E-state index contributed by atoms with van der Waals surface area (Å²) < 4.78 is 21.8. The average Bonchev–Trinajstić information content (AvgIpc) is 2.07. The topological polar surface area (TPSA) is 46.5 Å². The second-order valence-corrected chi connectivity index (χ2v) is 5.68. The molecule has 0 bridgehead atoms. The van der Waals surface area contributed by atoms with Crippen molar-refractivity contribution in [1.29, 1.82) is 0 Å². The van der Waals surface area contributed by atoms with E-state index in [1.165, 1.54) is 12.1 Å². The van der Waals surface area contributed by atoms with Gasteiger partial charge in [-0.2, -0.15) is 0 Å². The molecule has 0 radical (unpaired) electrons. The Bertz CT molecular complexity index is 396. The Balaban J connectivity index is 3.14. The van der Waals surface area contributed by atoms with Gasteiger partial charge in [0.1, 0.15) is 0 Å². The molecule has 3 nitrogen and oxygen atoms in total. The fourth-order valence-electron chi connectivity index (χ4n) is 0.893. The van der Waals surface area contributed by atoms with Crippen LogP contribution in [0, 0.1) is 0 Å². The normalized spacial score (nSPS) is 11.5. The minimum atomic E-state index is -3.87. The molecular weight excluding hydrogens is 322 g/mol. The van der Waals surface area contributed by atoms with Crippen molar-refractivity contribution in [3.8, 4) is 0 Å². The molecule has 0 unspecified atom stereocenters. The van der Waals surface area contributed by atoms with E-state index < -0.39 is 23.1 Å². The van der Waals surface area contributed by atoms with Gasteiger partial charge in [-0.15, -0.1) is 0 Å².